The van der Waals surface area contributed by atoms with Gasteiger partial charge in [-0.2, -0.15) is 0 Å². The van der Waals surface area contributed by atoms with E-state index >= 15 is 0 Å². The van der Waals surface area contributed by atoms with E-state index in [4.69, 9.17) is 10.5 Å². The maximum Gasteiger partial charge on any atom is 0.152 e. The minimum Gasteiger partial charge on any atom is -0.374 e. The van der Waals surface area contributed by atoms with Crippen LogP contribution in [0.1, 0.15) is 39.5 Å². The number of rotatable bonds is 5. The maximum atomic E-state index is 11.9. The van der Waals surface area contributed by atoms with Gasteiger partial charge in [-0.1, -0.05) is 0 Å². The van der Waals surface area contributed by atoms with E-state index in [1.165, 1.54) is 0 Å². The molecule has 0 amide bonds. The van der Waals surface area contributed by atoms with Crippen molar-refractivity contribution < 1.29 is 13.2 Å². The minimum atomic E-state index is -2.96. The molecular formula is C12H23NO3S. The zero-order valence-electron chi connectivity index (χ0n) is 10.7. The van der Waals surface area contributed by atoms with E-state index in [2.05, 4.69) is 0 Å². The monoisotopic (exact) mass is 261 g/mol. The van der Waals surface area contributed by atoms with E-state index in [9.17, 15) is 8.42 Å². The Labute approximate surface area is 104 Å². The van der Waals surface area contributed by atoms with Crippen LogP contribution in [0.5, 0.6) is 0 Å². The molecule has 2 heterocycles. The van der Waals surface area contributed by atoms with Gasteiger partial charge in [0.15, 0.2) is 9.84 Å². The Hall–Kier alpha value is -0.130. The smallest absolute Gasteiger partial charge is 0.152 e. The average molecular weight is 261 g/mol. The van der Waals surface area contributed by atoms with E-state index in [0.717, 1.165) is 19.3 Å². The SMILES string of the molecule is CC(C)S(=O)(=O)CCC1(CN)CC2CCC1O2. The van der Waals surface area contributed by atoms with Gasteiger partial charge in [-0.25, -0.2) is 8.42 Å². The summed E-state index contributed by atoms with van der Waals surface area (Å²) in [6, 6.07) is 0. The van der Waals surface area contributed by atoms with Crippen LogP contribution in [0.3, 0.4) is 0 Å². The van der Waals surface area contributed by atoms with Gasteiger partial charge in [0.1, 0.15) is 0 Å². The highest BCUT2D eigenvalue weighted by atomic mass is 32.2. The fraction of sp³-hybridized carbons (Fsp3) is 1.00. The minimum absolute atomic E-state index is 0.0785. The molecule has 0 saturated carbocycles. The van der Waals surface area contributed by atoms with Crippen LogP contribution < -0.4 is 5.73 Å². The molecular weight excluding hydrogens is 238 g/mol. The maximum absolute atomic E-state index is 11.9. The highest BCUT2D eigenvalue weighted by molar-refractivity contribution is 7.91. The predicted octanol–water partition coefficient (Wildman–Crippen LogP) is 1.10. The summed E-state index contributed by atoms with van der Waals surface area (Å²) in [4.78, 5) is 0. The van der Waals surface area contributed by atoms with Gasteiger partial charge in [-0.15, -0.1) is 0 Å². The van der Waals surface area contributed by atoms with E-state index in [-0.39, 0.29) is 22.5 Å². The van der Waals surface area contributed by atoms with Gasteiger partial charge in [0, 0.05) is 12.0 Å². The fourth-order valence-corrected chi connectivity index (χ4v) is 4.21. The Balaban J connectivity index is 2.02. The molecule has 2 bridgehead atoms. The van der Waals surface area contributed by atoms with Gasteiger partial charge >= 0.3 is 0 Å². The zero-order chi connectivity index (χ0) is 12.7. The number of fused-ring (bicyclic) bond motifs is 2. The van der Waals surface area contributed by atoms with Crippen LogP contribution in [0.15, 0.2) is 0 Å². The summed E-state index contributed by atoms with van der Waals surface area (Å²) >= 11 is 0. The lowest BCUT2D eigenvalue weighted by Crippen LogP contribution is -2.41. The summed E-state index contributed by atoms with van der Waals surface area (Å²) in [6.07, 6.45) is 4.28. The molecule has 4 nitrogen and oxygen atoms in total. The molecule has 5 heteroatoms. The van der Waals surface area contributed by atoms with Gasteiger partial charge in [-0.05, 0) is 39.5 Å². The van der Waals surface area contributed by atoms with Crippen LogP contribution >= 0.6 is 0 Å². The third-order valence-electron chi connectivity index (χ3n) is 4.43. The van der Waals surface area contributed by atoms with Crippen molar-refractivity contribution in [2.75, 3.05) is 12.3 Å². The second kappa shape index (κ2) is 4.52. The highest BCUT2D eigenvalue weighted by Gasteiger charge is 2.51. The molecule has 0 radical (unpaired) electrons. The van der Waals surface area contributed by atoms with Gasteiger partial charge in [0.2, 0.25) is 0 Å². The summed E-state index contributed by atoms with van der Waals surface area (Å²) in [5.74, 6) is 0.244. The normalized spacial score (nSPS) is 36.9. The molecule has 2 aliphatic heterocycles. The lowest BCUT2D eigenvalue weighted by Gasteiger charge is -2.34. The average Bonchev–Trinajstić information content (AvgIpc) is 2.86. The Kier molecular flexibility index (Phi) is 3.54. The predicted molar refractivity (Wildman–Crippen MR) is 67.5 cm³/mol. The molecule has 2 aliphatic rings. The Bertz CT molecular complexity index is 379. The summed E-state index contributed by atoms with van der Waals surface area (Å²) in [5, 5.41) is -0.295. The van der Waals surface area contributed by atoms with Crippen LogP contribution in [0.4, 0.5) is 0 Å². The molecule has 0 spiro atoms. The lowest BCUT2D eigenvalue weighted by atomic mass is 9.72. The third-order valence-corrected chi connectivity index (χ3v) is 6.64. The molecule has 0 aromatic rings. The number of hydrogen-bond acceptors (Lipinski definition) is 4. The molecule has 0 aliphatic carbocycles. The molecule has 0 aromatic heterocycles. The Morgan fingerprint density at radius 3 is 2.53 bits per heavy atom. The molecule has 3 unspecified atom stereocenters. The number of sulfone groups is 1. The molecule has 17 heavy (non-hydrogen) atoms. The van der Waals surface area contributed by atoms with Gasteiger partial charge in [0.05, 0.1) is 23.2 Å². The number of hydrogen-bond donors (Lipinski definition) is 1. The van der Waals surface area contributed by atoms with Crippen LogP contribution in [0.2, 0.25) is 0 Å². The summed E-state index contributed by atoms with van der Waals surface area (Å²) in [7, 11) is -2.96. The molecule has 100 valence electrons. The Morgan fingerprint density at radius 1 is 1.41 bits per heavy atom. The van der Waals surface area contributed by atoms with Crippen molar-refractivity contribution >= 4 is 9.84 Å². The molecule has 2 rings (SSSR count). The van der Waals surface area contributed by atoms with Crippen molar-refractivity contribution in [3.8, 4) is 0 Å². The molecule has 3 atom stereocenters. The first-order valence-corrected chi connectivity index (χ1v) is 8.18. The van der Waals surface area contributed by atoms with Crippen molar-refractivity contribution in [1.29, 1.82) is 0 Å². The Morgan fingerprint density at radius 2 is 2.12 bits per heavy atom. The van der Waals surface area contributed by atoms with Crippen LogP contribution in [-0.2, 0) is 14.6 Å². The van der Waals surface area contributed by atoms with Crippen LogP contribution in [-0.4, -0.2) is 38.2 Å². The summed E-state index contributed by atoms with van der Waals surface area (Å²) in [6.45, 7) is 4.02. The highest BCUT2D eigenvalue weighted by Crippen LogP contribution is 2.49. The van der Waals surface area contributed by atoms with E-state index in [0.29, 0.717) is 19.1 Å². The fourth-order valence-electron chi connectivity index (χ4n) is 3.05. The van der Waals surface area contributed by atoms with Crippen molar-refractivity contribution in [2.24, 2.45) is 11.1 Å². The first-order chi connectivity index (χ1) is 7.89. The number of nitrogens with two attached hydrogens (primary N) is 1. The quantitative estimate of drug-likeness (QED) is 0.804. The second-order valence-electron chi connectivity index (χ2n) is 5.76. The molecule has 0 aromatic carbocycles. The molecule has 2 saturated heterocycles. The van der Waals surface area contributed by atoms with Gasteiger partial charge < -0.3 is 10.5 Å². The van der Waals surface area contributed by atoms with Gasteiger partial charge in [0.25, 0.3) is 0 Å². The van der Waals surface area contributed by atoms with E-state index in [1.807, 2.05) is 0 Å². The molecule has 2 N–H and O–H groups in total. The lowest BCUT2D eigenvalue weighted by molar-refractivity contribution is 0.0623. The molecule has 2 fully saturated rings. The van der Waals surface area contributed by atoms with Crippen molar-refractivity contribution in [1.82, 2.24) is 0 Å². The first kappa shape index (κ1) is 13.3. The zero-order valence-corrected chi connectivity index (χ0v) is 11.5. The van der Waals surface area contributed by atoms with Crippen LogP contribution in [0.25, 0.3) is 0 Å². The summed E-state index contributed by atoms with van der Waals surface area (Å²) in [5.41, 5.74) is 5.81. The second-order valence-corrected chi connectivity index (χ2v) is 8.44. The van der Waals surface area contributed by atoms with E-state index in [1.54, 1.807) is 13.8 Å². The van der Waals surface area contributed by atoms with Gasteiger partial charge in [-0.3, -0.25) is 0 Å². The van der Waals surface area contributed by atoms with Crippen molar-refractivity contribution in [3.05, 3.63) is 0 Å². The summed E-state index contributed by atoms with van der Waals surface area (Å²) < 4.78 is 29.6. The third kappa shape index (κ3) is 2.37. The van der Waals surface area contributed by atoms with Crippen molar-refractivity contribution in [3.63, 3.8) is 0 Å². The first-order valence-electron chi connectivity index (χ1n) is 6.47. The topological polar surface area (TPSA) is 69.4 Å². The number of ether oxygens (including phenoxy) is 1. The van der Waals surface area contributed by atoms with Crippen molar-refractivity contribution in [2.45, 2.75) is 57.0 Å². The van der Waals surface area contributed by atoms with Crippen LogP contribution in [0, 0.1) is 5.41 Å². The van der Waals surface area contributed by atoms with E-state index < -0.39 is 9.84 Å². The standard InChI is InChI=1S/C12H23NO3S/c1-9(2)17(14,15)6-5-12(8-13)7-10-3-4-11(12)16-10/h9-11H,3-8,13H2,1-2H3. The largest absolute Gasteiger partial charge is 0.374 e.